The van der Waals surface area contributed by atoms with Gasteiger partial charge in [0, 0.05) is 12.5 Å². The first kappa shape index (κ1) is 12.0. The summed E-state index contributed by atoms with van der Waals surface area (Å²) < 4.78 is 1.12. The molecular weight excluding hydrogens is 228 g/mol. The molecule has 2 unspecified atom stereocenters. The van der Waals surface area contributed by atoms with Gasteiger partial charge < -0.3 is 21.1 Å². The van der Waals surface area contributed by atoms with Crippen LogP contribution in [0, 0.1) is 5.92 Å². The summed E-state index contributed by atoms with van der Waals surface area (Å²) in [6.45, 7) is -0.251. The molecular formula is C9H14N4O4. The molecule has 1 aliphatic carbocycles. The summed E-state index contributed by atoms with van der Waals surface area (Å²) in [5, 5.41) is 28.5. The summed E-state index contributed by atoms with van der Waals surface area (Å²) in [7, 11) is 0. The van der Waals surface area contributed by atoms with Gasteiger partial charge in [0.2, 0.25) is 5.95 Å². The number of nitrogens with zero attached hydrogens (tertiary/aromatic N) is 3. The van der Waals surface area contributed by atoms with Crippen LogP contribution in [0.15, 0.2) is 11.1 Å². The van der Waals surface area contributed by atoms with Crippen molar-refractivity contribution in [3.05, 3.63) is 16.8 Å². The minimum absolute atomic E-state index is 0.141. The number of rotatable bonds is 2. The normalized spacial score (nSPS) is 32.9. The molecule has 8 heteroatoms. The average Bonchev–Trinajstić information content (AvgIpc) is 2.57. The van der Waals surface area contributed by atoms with Crippen molar-refractivity contribution in [3.63, 3.8) is 0 Å². The molecule has 0 amide bonds. The van der Waals surface area contributed by atoms with Crippen molar-refractivity contribution in [2.24, 2.45) is 5.92 Å². The molecule has 8 nitrogen and oxygen atoms in total. The van der Waals surface area contributed by atoms with Crippen LogP contribution < -0.4 is 11.4 Å². The van der Waals surface area contributed by atoms with Crippen LogP contribution in [0.25, 0.3) is 0 Å². The molecule has 0 radical (unpaired) electrons. The number of nitrogen functional groups attached to an aromatic ring is 1. The molecule has 0 aliphatic heterocycles. The number of aliphatic hydroxyl groups excluding tert-OH is 3. The zero-order chi connectivity index (χ0) is 12.6. The predicted octanol–water partition coefficient (Wildman–Crippen LogP) is -2.50. The largest absolute Gasteiger partial charge is 0.396 e. The Morgan fingerprint density at radius 2 is 2.18 bits per heavy atom. The number of aliphatic hydroxyl groups is 3. The van der Waals surface area contributed by atoms with Gasteiger partial charge in [-0.1, -0.05) is 0 Å². The molecule has 4 atom stereocenters. The van der Waals surface area contributed by atoms with Crippen molar-refractivity contribution in [2.75, 3.05) is 12.3 Å². The fourth-order valence-electron chi connectivity index (χ4n) is 2.14. The highest BCUT2D eigenvalue weighted by Crippen LogP contribution is 2.33. The third-order valence-corrected chi connectivity index (χ3v) is 3.11. The van der Waals surface area contributed by atoms with E-state index in [-0.39, 0.29) is 19.0 Å². The molecule has 1 fully saturated rings. The van der Waals surface area contributed by atoms with Crippen molar-refractivity contribution in [3.8, 4) is 0 Å². The summed E-state index contributed by atoms with van der Waals surface area (Å²) in [6, 6.07) is -0.643. The Morgan fingerprint density at radius 1 is 1.47 bits per heavy atom. The van der Waals surface area contributed by atoms with Crippen LogP contribution in [0.5, 0.6) is 0 Å². The van der Waals surface area contributed by atoms with Gasteiger partial charge in [0.05, 0.1) is 12.1 Å². The Bertz CT molecular complexity index is 463. The lowest BCUT2D eigenvalue weighted by atomic mass is 10.1. The summed E-state index contributed by atoms with van der Waals surface area (Å²) in [6.07, 6.45) is -0.719. The lowest BCUT2D eigenvalue weighted by Gasteiger charge is -2.17. The molecule has 1 aromatic rings. The molecule has 5 N–H and O–H groups in total. The Morgan fingerprint density at radius 3 is 2.71 bits per heavy atom. The molecule has 0 bridgehead atoms. The second-order valence-electron chi connectivity index (χ2n) is 4.13. The van der Waals surface area contributed by atoms with Crippen molar-refractivity contribution in [1.29, 1.82) is 0 Å². The maximum atomic E-state index is 11.6. The first-order valence-corrected chi connectivity index (χ1v) is 5.22. The van der Waals surface area contributed by atoms with Crippen LogP contribution in [0.4, 0.5) is 5.95 Å². The second kappa shape index (κ2) is 4.40. The van der Waals surface area contributed by atoms with Gasteiger partial charge in [-0.3, -0.25) is 4.57 Å². The quantitative estimate of drug-likeness (QED) is 0.450. The van der Waals surface area contributed by atoms with Crippen molar-refractivity contribution < 1.29 is 15.3 Å². The first-order chi connectivity index (χ1) is 8.04. The van der Waals surface area contributed by atoms with Crippen molar-refractivity contribution in [2.45, 2.75) is 24.7 Å². The van der Waals surface area contributed by atoms with Gasteiger partial charge in [0.25, 0.3) is 0 Å². The minimum atomic E-state index is -1.13. The summed E-state index contributed by atoms with van der Waals surface area (Å²) in [4.78, 5) is 18.7. The van der Waals surface area contributed by atoms with Crippen molar-refractivity contribution >= 4 is 5.95 Å². The monoisotopic (exact) mass is 242 g/mol. The van der Waals surface area contributed by atoms with E-state index >= 15 is 0 Å². The van der Waals surface area contributed by atoms with Crippen LogP contribution in [0.2, 0.25) is 0 Å². The Labute approximate surface area is 96.4 Å². The van der Waals surface area contributed by atoms with Crippen LogP contribution in [0.1, 0.15) is 12.5 Å². The molecule has 2 rings (SSSR count). The standard InChI is InChI=1S/C9H14N4O4/c10-8-11-3-13(9(17)12-8)5-1-4(2-14)6(15)7(5)16/h3-7,14-16H,1-2H2,(H2,10,12,17)/t4-,5-,6?,7?/m1/s1. The zero-order valence-electron chi connectivity index (χ0n) is 8.97. The van der Waals surface area contributed by atoms with E-state index in [1.165, 1.54) is 6.33 Å². The van der Waals surface area contributed by atoms with E-state index in [1.807, 2.05) is 0 Å². The van der Waals surface area contributed by atoms with Crippen molar-refractivity contribution in [1.82, 2.24) is 14.5 Å². The van der Waals surface area contributed by atoms with E-state index in [0.717, 1.165) is 4.57 Å². The molecule has 0 spiro atoms. The van der Waals surface area contributed by atoms with E-state index in [9.17, 15) is 15.0 Å². The van der Waals surface area contributed by atoms with Gasteiger partial charge in [-0.15, -0.1) is 0 Å². The number of nitrogens with two attached hydrogens (primary N) is 1. The highest BCUT2D eigenvalue weighted by Gasteiger charge is 2.42. The predicted molar refractivity (Wildman–Crippen MR) is 56.9 cm³/mol. The smallest absolute Gasteiger partial charge is 0.352 e. The van der Waals surface area contributed by atoms with Gasteiger partial charge in [-0.25, -0.2) is 9.78 Å². The minimum Gasteiger partial charge on any atom is -0.396 e. The SMILES string of the molecule is Nc1ncn([C@@H]2C[C@H](CO)C(O)C2O)c(=O)n1. The number of hydrogen-bond acceptors (Lipinski definition) is 7. The number of anilines is 1. The van der Waals surface area contributed by atoms with Crippen LogP contribution in [0.3, 0.4) is 0 Å². The lowest BCUT2D eigenvalue weighted by Crippen LogP contribution is -2.35. The zero-order valence-corrected chi connectivity index (χ0v) is 8.97. The topological polar surface area (TPSA) is 134 Å². The molecule has 1 heterocycles. The van der Waals surface area contributed by atoms with Gasteiger partial charge in [0.1, 0.15) is 12.4 Å². The molecule has 94 valence electrons. The fraction of sp³-hybridized carbons (Fsp3) is 0.667. The third kappa shape index (κ3) is 2.02. The summed E-state index contributed by atoms with van der Waals surface area (Å²) in [5.41, 5.74) is 4.62. The van der Waals surface area contributed by atoms with E-state index < -0.39 is 29.9 Å². The van der Waals surface area contributed by atoms with Crippen LogP contribution >= 0.6 is 0 Å². The van der Waals surface area contributed by atoms with Crippen LogP contribution in [-0.4, -0.2) is 48.7 Å². The maximum Gasteiger partial charge on any atom is 0.352 e. The molecule has 1 aliphatic rings. The molecule has 17 heavy (non-hydrogen) atoms. The summed E-state index contributed by atoms with van der Waals surface area (Å²) >= 11 is 0. The van der Waals surface area contributed by atoms with Gasteiger partial charge >= 0.3 is 5.69 Å². The van der Waals surface area contributed by atoms with Gasteiger partial charge in [0.15, 0.2) is 0 Å². The molecule has 0 aromatic carbocycles. The highest BCUT2D eigenvalue weighted by atomic mass is 16.3. The van der Waals surface area contributed by atoms with Gasteiger partial charge in [-0.2, -0.15) is 4.98 Å². The van der Waals surface area contributed by atoms with E-state index in [2.05, 4.69) is 9.97 Å². The van der Waals surface area contributed by atoms with Crippen LogP contribution in [-0.2, 0) is 0 Å². The maximum absolute atomic E-state index is 11.6. The fourth-order valence-corrected chi connectivity index (χ4v) is 2.14. The van der Waals surface area contributed by atoms with E-state index in [4.69, 9.17) is 10.8 Å². The Balaban J connectivity index is 2.32. The molecule has 1 aromatic heterocycles. The van der Waals surface area contributed by atoms with Gasteiger partial charge in [-0.05, 0) is 6.42 Å². The lowest BCUT2D eigenvalue weighted by molar-refractivity contribution is -0.00465. The molecule has 1 saturated carbocycles. The number of aromatic nitrogens is 3. The average molecular weight is 242 g/mol. The van der Waals surface area contributed by atoms with E-state index in [0.29, 0.717) is 0 Å². The third-order valence-electron chi connectivity index (χ3n) is 3.11. The number of hydrogen-bond donors (Lipinski definition) is 4. The molecule has 0 saturated heterocycles. The Hall–Kier alpha value is -1.51. The first-order valence-electron chi connectivity index (χ1n) is 5.22. The second-order valence-corrected chi connectivity index (χ2v) is 4.13. The highest BCUT2D eigenvalue weighted by molar-refractivity contribution is 5.10. The summed E-state index contributed by atoms with van der Waals surface area (Å²) in [5.74, 6) is -0.600. The van der Waals surface area contributed by atoms with E-state index in [1.54, 1.807) is 0 Å². The Kier molecular flexibility index (Phi) is 3.09.